The summed E-state index contributed by atoms with van der Waals surface area (Å²) in [6.45, 7) is 5.02. The number of nitrogens with zero attached hydrogens (tertiary/aromatic N) is 2. The van der Waals surface area contributed by atoms with Crippen molar-refractivity contribution in [3.8, 4) is 0 Å². The third-order valence-electron chi connectivity index (χ3n) is 6.37. The van der Waals surface area contributed by atoms with E-state index in [1.54, 1.807) is 12.3 Å². The summed E-state index contributed by atoms with van der Waals surface area (Å²) in [7, 11) is 2.02. The van der Waals surface area contributed by atoms with Crippen LogP contribution in [0.5, 0.6) is 0 Å². The van der Waals surface area contributed by atoms with Gasteiger partial charge in [0.1, 0.15) is 11.9 Å². The number of hydrogen-bond acceptors (Lipinski definition) is 5. The largest absolute Gasteiger partial charge is 0.467 e. The monoisotopic (exact) mass is 425 g/mol. The highest BCUT2D eigenvalue weighted by atomic mass is 16.5. The summed E-state index contributed by atoms with van der Waals surface area (Å²) in [6, 6.07) is 11.7. The van der Waals surface area contributed by atoms with E-state index in [4.69, 9.17) is 9.15 Å². The Morgan fingerprint density at radius 2 is 1.94 bits per heavy atom. The van der Waals surface area contributed by atoms with Crippen molar-refractivity contribution in [2.45, 2.75) is 44.4 Å². The second-order valence-corrected chi connectivity index (χ2v) is 8.77. The van der Waals surface area contributed by atoms with E-state index in [0.29, 0.717) is 38.4 Å². The Morgan fingerprint density at radius 3 is 2.65 bits per heavy atom. The summed E-state index contributed by atoms with van der Waals surface area (Å²) in [5, 5.41) is 2.91. The zero-order valence-electron chi connectivity index (χ0n) is 18.3. The number of furan rings is 1. The van der Waals surface area contributed by atoms with Crippen molar-refractivity contribution in [2.75, 3.05) is 33.2 Å². The molecule has 1 unspecified atom stereocenters. The lowest BCUT2D eigenvalue weighted by atomic mass is 9.88. The number of carbonyl (C=O) groups excluding carboxylic acids is 2. The third kappa shape index (κ3) is 5.17. The second-order valence-electron chi connectivity index (χ2n) is 8.77. The summed E-state index contributed by atoms with van der Waals surface area (Å²) in [5.74, 6) is 0.745. The first-order valence-electron chi connectivity index (χ1n) is 10.9. The Bertz CT molecular complexity index is 903. The number of carbonyl (C=O) groups is 2. The Hall–Kier alpha value is -2.64. The van der Waals surface area contributed by atoms with E-state index in [-0.39, 0.29) is 17.4 Å². The predicted molar refractivity (Wildman–Crippen MR) is 116 cm³/mol. The number of piperidine rings is 1. The van der Waals surface area contributed by atoms with Crippen LogP contribution in [-0.4, -0.2) is 66.5 Å². The van der Waals surface area contributed by atoms with Crippen LogP contribution in [0.15, 0.2) is 47.1 Å². The molecule has 1 spiro atoms. The van der Waals surface area contributed by atoms with Crippen molar-refractivity contribution in [3.63, 3.8) is 0 Å². The zero-order valence-corrected chi connectivity index (χ0v) is 18.3. The number of rotatable bonds is 5. The van der Waals surface area contributed by atoms with E-state index in [2.05, 4.69) is 10.2 Å². The molecule has 1 aromatic carbocycles. The minimum absolute atomic E-state index is 0.125. The quantitative estimate of drug-likeness (QED) is 0.795. The van der Waals surface area contributed by atoms with E-state index in [1.165, 1.54) is 0 Å². The Morgan fingerprint density at radius 1 is 1.16 bits per heavy atom. The van der Waals surface area contributed by atoms with Crippen LogP contribution >= 0.6 is 0 Å². The van der Waals surface area contributed by atoms with Gasteiger partial charge in [-0.05, 0) is 50.1 Å². The van der Waals surface area contributed by atoms with Crippen molar-refractivity contribution in [2.24, 2.45) is 0 Å². The average molecular weight is 426 g/mol. The highest BCUT2D eigenvalue weighted by Crippen LogP contribution is 2.32. The smallest absolute Gasteiger partial charge is 0.250 e. The van der Waals surface area contributed by atoms with E-state index < -0.39 is 6.10 Å². The molecule has 1 atom stereocenters. The number of likely N-dealkylation sites (N-methyl/N-ethyl adjacent to an activating group) is 1. The standard InChI is InChI=1S/C24H31N3O4/c1-18-6-3-4-7-19(18)14-22(28)27-11-9-24(10-12-27)17-26(2)16-21(31-24)23(29)25-15-20-8-5-13-30-20/h3-8,13,21H,9-12,14-17H2,1-2H3,(H,25,29). The maximum absolute atomic E-state index is 12.8. The van der Waals surface area contributed by atoms with Crippen LogP contribution in [0.3, 0.4) is 0 Å². The number of amides is 2. The van der Waals surface area contributed by atoms with Gasteiger partial charge in [-0.15, -0.1) is 0 Å². The zero-order chi connectivity index (χ0) is 21.8. The van der Waals surface area contributed by atoms with E-state index >= 15 is 0 Å². The second kappa shape index (κ2) is 9.24. The lowest BCUT2D eigenvalue weighted by Gasteiger charge is -2.48. The number of morpholine rings is 1. The first-order chi connectivity index (χ1) is 14.9. The molecule has 2 aliphatic rings. The lowest BCUT2D eigenvalue weighted by molar-refractivity contribution is -0.183. The van der Waals surface area contributed by atoms with Gasteiger partial charge < -0.3 is 24.3 Å². The van der Waals surface area contributed by atoms with Gasteiger partial charge in [-0.2, -0.15) is 0 Å². The molecular weight excluding hydrogens is 394 g/mol. The van der Waals surface area contributed by atoms with Gasteiger partial charge in [-0.3, -0.25) is 9.59 Å². The first-order valence-corrected chi connectivity index (χ1v) is 10.9. The summed E-state index contributed by atoms with van der Waals surface area (Å²) >= 11 is 0. The minimum Gasteiger partial charge on any atom is -0.467 e. The van der Waals surface area contributed by atoms with Gasteiger partial charge in [0, 0.05) is 26.2 Å². The van der Waals surface area contributed by atoms with Crippen LogP contribution in [0.2, 0.25) is 0 Å². The molecular formula is C24H31N3O4. The highest BCUT2D eigenvalue weighted by Gasteiger charge is 2.44. The molecule has 1 N–H and O–H groups in total. The van der Waals surface area contributed by atoms with E-state index in [9.17, 15) is 9.59 Å². The molecule has 2 aliphatic heterocycles. The Kier molecular flexibility index (Phi) is 6.43. The van der Waals surface area contributed by atoms with Crippen molar-refractivity contribution in [1.82, 2.24) is 15.1 Å². The number of nitrogens with one attached hydrogen (secondary N) is 1. The van der Waals surface area contributed by atoms with Gasteiger partial charge in [-0.1, -0.05) is 24.3 Å². The molecule has 31 heavy (non-hydrogen) atoms. The lowest BCUT2D eigenvalue weighted by Crippen LogP contribution is -2.61. The average Bonchev–Trinajstić information content (AvgIpc) is 3.27. The third-order valence-corrected chi connectivity index (χ3v) is 6.37. The van der Waals surface area contributed by atoms with Crippen molar-refractivity contribution in [3.05, 3.63) is 59.5 Å². The molecule has 0 bridgehead atoms. The summed E-state index contributed by atoms with van der Waals surface area (Å²) < 4.78 is 11.6. The predicted octanol–water partition coefficient (Wildman–Crippen LogP) is 2.14. The highest BCUT2D eigenvalue weighted by molar-refractivity contribution is 5.81. The minimum atomic E-state index is -0.525. The van der Waals surface area contributed by atoms with Gasteiger partial charge in [-0.25, -0.2) is 0 Å². The van der Waals surface area contributed by atoms with Crippen LogP contribution < -0.4 is 5.32 Å². The number of aryl methyl sites for hydroxylation is 1. The summed E-state index contributed by atoms with van der Waals surface area (Å²) in [5.41, 5.74) is 1.83. The molecule has 3 heterocycles. The maximum Gasteiger partial charge on any atom is 0.250 e. The van der Waals surface area contributed by atoms with Gasteiger partial charge in [0.05, 0.1) is 24.8 Å². The SMILES string of the molecule is Cc1ccccc1CC(=O)N1CCC2(CC1)CN(C)CC(C(=O)NCc1ccco1)O2. The van der Waals surface area contributed by atoms with Gasteiger partial charge in [0.25, 0.3) is 5.91 Å². The summed E-state index contributed by atoms with van der Waals surface area (Å²) in [6.07, 6.45) is 2.97. The number of hydrogen-bond donors (Lipinski definition) is 1. The van der Waals surface area contributed by atoms with E-state index in [0.717, 1.165) is 30.5 Å². The van der Waals surface area contributed by atoms with Crippen LogP contribution in [0.25, 0.3) is 0 Å². The number of benzene rings is 1. The molecule has 0 saturated carbocycles. The van der Waals surface area contributed by atoms with Gasteiger partial charge in [0.15, 0.2) is 0 Å². The Labute approximate surface area is 183 Å². The molecule has 2 saturated heterocycles. The normalized spacial score (nSPS) is 21.2. The van der Waals surface area contributed by atoms with Gasteiger partial charge >= 0.3 is 0 Å². The molecule has 0 radical (unpaired) electrons. The van der Waals surface area contributed by atoms with Crippen LogP contribution in [0, 0.1) is 6.92 Å². The fourth-order valence-electron chi connectivity index (χ4n) is 4.58. The Balaban J connectivity index is 1.32. The molecule has 2 aromatic rings. The molecule has 2 amide bonds. The molecule has 0 aliphatic carbocycles. The fraction of sp³-hybridized carbons (Fsp3) is 0.500. The molecule has 2 fully saturated rings. The summed E-state index contributed by atoms with van der Waals surface area (Å²) in [4.78, 5) is 29.6. The molecule has 166 valence electrons. The van der Waals surface area contributed by atoms with E-state index in [1.807, 2.05) is 49.2 Å². The molecule has 4 rings (SSSR count). The molecule has 1 aromatic heterocycles. The van der Waals surface area contributed by atoms with Crippen molar-refractivity contribution in [1.29, 1.82) is 0 Å². The number of ether oxygens (including phenoxy) is 1. The van der Waals surface area contributed by atoms with Crippen molar-refractivity contribution < 1.29 is 18.7 Å². The van der Waals surface area contributed by atoms with Crippen LogP contribution in [-0.2, 0) is 27.3 Å². The van der Waals surface area contributed by atoms with Crippen LogP contribution in [0.1, 0.15) is 29.7 Å². The van der Waals surface area contributed by atoms with Gasteiger partial charge in [0.2, 0.25) is 5.91 Å². The van der Waals surface area contributed by atoms with Crippen LogP contribution in [0.4, 0.5) is 0 Å². The maximum atomic E-state index is 12.8. The molecule has 7 heteroatoms. The number of likely N-dealkylation sites (tertiary alicyclic amines) is 1. The first kappa shape index (κ1) is 21.6. The molecule has 7 nitrogen and oxygen atoms in total. The topological polar surface area (TPSA) is 75.0 Å². The van der Waals surface area contributed by atoms with Crippen molar-refractivity contribution >= 4 is 11.8 Å². The fourth-order valence-corrected chi connectivity index (χ4v) is 4.58.